The van der Waals surface area contributed by atoms with Gasteiger partial charge in [-0.25, -0.2) is 0 Å². The van der Waals surface area contributed by atoms with Crippen molar-refractivity contribution < 1.29 is 9.53 Å². The maximum absolute atomic E-state index is 11.3. The lowest BCUT2D eigenvalue weighted by Gasteiger charge is -2.16. The van der Waals surface area contributed by atoms with Crippen LogP contribution in [0.4, 0.5) is 0 Å². The fourth-order valence-electron chi connectivity index (χ4n) is 3.17. The number of nitrogens with one attached hydrogen (secondary N) is 1. The van der Waals surface area contributed by atoms with Crippen LogP contribution in [0.1, 0.15) is 46.0 Å². The van der Waals surface area contributed by atoms with E-state index in [4.69, 9.17) is 4.74 Å². The largest absolute Gasteiger partial charge is 0.493 e. The molecular formula is C17H25NO2. The third-order valence-corrected chi connectivity index (χ3v) is 4.21. The van der Waals surface area contributed by atoms with Crippen molar-refractivity contribution in [3.63, 3.8) is 0 Å². The van der Waals surface area contributed by atoms with E-state index < -0.39 is 0 Å². The molecule has 20 heavy (non-hydrogen) atoms. The van der Waals surface area contributed by atoms with E-state index in [1.807, 2.05) is 13.8 Å². The number of ether oxygens (including phenoxy) is 1. The van der Waals surface area contributed by atoms with E-state index in [0.29, 0.717) is 12.3 Å². The van der Waals surface area contributed by atoms with Crippen LogP contribution >= 0.6 is 0 Å². The van der Waals surface area contributed by atoms with Crippen LogP contribution in [0.3, 0.4) is 0 Å². The smallest absolute Gasteiger partial charge is 0.219 e. The average molecular weight is 275 g/mol. The average Bonchev–Trinajstić information content (AvgIpc) is 3.04. The molecule has 1 unspecified atom stereocenters. The molecule has 0 aromatic rings. The summed E-state index contributed by atoms with van der Waals surface area (Å²) in [6.45, 7) is 9.68. The van der Waals surface area contributed by atoms with Crippen molar-refractivity contribution in [2.45, 2.75) is 46.0 Å². The van der Waals surface area contributed by atoms with E-state index in [1.165, 1.54) is 16.7 Å². The topological polar surface area (TPSA) is 38.3 Å². The SMILES string of the molecule is C=C1CCC(CCNC(=O)CC)C1=C1CCOC1=CC. The van der Waals surface area contributed by atoms with Crippen molar-refractivity contribution in [3.05, 3.63) is 35.1 Å². The van der Waals surface area contributed by atoms with Gasteiger partial charge in [0.15, 0.2) is 0 Å². The molecule has 3 heteroatoms. The lowest BCUT2D eigenvalue weighted by atomic mass is 9.91. The van der Waals surface area contributed by atoms with E-state index in [1.54, 1.807) is 0 Å². The van der Waals surface area contributed by atoms with Crippen molar-refractivity contribution in [2.75, 3.05) is 13.2 Å². The van der Waals surface area contributed by atoms with Crippen molar-refractivity contribution in [3.8, 4) is 0 Å². The molecule has 0 aromatic carbocycles. The second-order valence-electron chi connectivity index (χ2n) is 5.47. The van der Waals surface area contributed by atoms with E-state index >= 15 is 0 Å². The molecule has 0 spiro atoms. The number of hydrogen-bond acceptors (Lipinski definition) is 2. The lowest BCUT2D eigenvalue weighted by molar-refractivity contribution is -0.120. The first kappa shape index (κ1) is 14.9. The quantitative estimate of drug-likeness (QED) is 0.853. The first-order chi connectivity index (χ1) is 9.67. The highest BCUT2D eigenvalue weighted by Crippen LogP contribution is 2.43. The molecule has 1 aliphatic carbocycles. The van der Waals surface area contributed by atoms with Crippen LogP contribution in [-0.2, 0) is 9.53 Å². The summed E-state index contributed by atoms with van der Waals surface area (Å²) in [6, 6.07) is 0. The van der Waals surface area contributed by atoms with Crippen LogP contribution < -0.4 is 5.32 Å². The van der Waals surface area contributed by atoms with E-state index in [2.05, 4.69) is 18.0 Å². The second-order valence-corrected chi connectivity index (χ2v) is 5.47. The summed E-state index contributed by atoms with van der Waals surface area (Å²) in [7, 11) is 0. The van der Waals surface area contributed by atoms with E-state index in [0.717, 1.165) is 44.6 Å². The molecule has 1 saturated heterocycles. The highest BCUT2D eigenvalue weighted by Gasteiger charge is 2.30. The maximum Gasteiger partial charge on any atom is 0.219 e. The molecule has 0 radical (unpaired) electrons. The van der Waals surface area contributed by atoms with Gasteiger partial charge in [0.25, 0.3) is 0 Å². The molecule has 2 aliphatic rings. The molecule has 1 atom stereocenters. The van der Waals surface area contributed by atoms with Crippen LogP contribution in [0.2, 0.25) is 0 Å². The summed E-state index contributed by atoms with van der Waals surface area (Å²) in [5, 5.41) is 2.97. The molecule has 1 heterocycles. The van der Waals surface area contributed by atoms with Crippen molar-refractivity contribution >= 4 is 5.91 Å². The molecule has 3 nitrogen and oxygen atoms in total. The van der Waals surface area contributed by atoms with Crippen LogP contribution in [0.25, 0.3) is 0 Å². The summed E-state index contributed by atoms with van der Waals surface area (Å²) in [5.74, 6) is 1.69. The Hall–Kier alpha value is -1.51. The van der Waals surface area contributed by atoms with Crippen molar-refractivity contribution in [1.29, 1.82) is 0 Å². The Bertz CT molecular complexity index is 460. The van der Waals surface area contributed by atoms with Crippen LogP contribution in [0.5, 0.6) is 0 Å². The monoisotopic (exact) mass is 275 g/mol. The number of hydrogen-bond donors (Lipinski definition) is 1. The second kappa shape index (κ2) is 6.78. The van der Waals surface area contributed by atoms with Crippen LogP contribution in [0.15, 0.2) is 35.1 Å². The highest BCUT2D eigenvalue weighted by atomic mass is 16.5. The fraction of sp³-hybridized carbons (Fsp3) is 0.588. The minimum Gasteiger partial charge on any atom is -0.493 e. The van der Waals surface area contributed by atoms with Gasteiger partial charge in [-0.05, 0) is 43.8 Å². The highest BCUT2D eigenvalue weighted by molar-refractivity contribution is 5.75. The van der Waals surface area contributed by atoms with Gasteiger partial charge in [-0.15, -0.1) is 0 Å². The Morgan fingerprint density at radius 1 is 1.50 bits per heavy atom. The van der Waals surface area contributed by atoms with E-state index in [9.17, 15) is 4.79 Å². The molecule has 1 saturated carbocycles. The zero-order chi connectivity index (χ0) is 14.5. The Labute approximate surface area is 121 Å². The molecule has 1 amide bonds. The number of amides is 1. The van der Waals surface area contributed by atoms with Gasteiger partial charge in [0.2, 0.25) is 5.91 Å². The van der Waals surface area contributed by atoms with Gasteiger partial charge < -0.3 is 10.1 Å². The third-order valence-electron chi connectivity index (χ3n) is 4.21. The van der Waals surface area contributed by atoms with Gasteiger partial charge in [0, 0.05) is 25.0 Å². The number of carbonyl (C=O) groups is 1. The van der Waals surface area contributed by atoms with Gasteiger partial charge in [0.1, 0.15) is 5.76 Å². The Balaban J connectivity index is 2.07. The molecular weight excluding hydrogens is 250 g/mol. The number of rotatable bonds is 4. The molecule has 2 rings (SSSR count). The number of carbonyl (C=O) groups excluding carboxylic acids is 1. The zero-order valence-corrected chi connectivity index (χ0v) is 12.6. The fourth-order valence-corrected chi connectivity index (χ4v) is 3.17. The van der Waals surface area contributed by atoms with Gasteiger partial charge in [-0.2, -0.15) is 0 Å². The summed E-state index contributed by atoms with van der Waals surface area (Å²) < 4.78 is 5.68. The van der Waals surface area contributed by atoms with Gasteiger partial charge in [0.05, 0.1) is 6.61 Å². The summed E-state index contributed by atoms with van der Waals surface area (Å²) in [5.41, 5.74) is 4.01. The number of allylic oxidation sites excluding steroid dienone is 4. The predicted molar refractivity (Wildman–Crippen MR) is 81.1 cm³/mol. The molecule has 1 N–H and O–H groups in total. The Kier molecular flexibility index (Phi) is 5.05. The van der Waals surface area contributed by atoms with Crippen molar-refractivity contribution in [1.82, 2.24) is 5.32 Å². The molecule has 2 fully saturated rings. The molecule has 110 valence electrons. The minimum atomic E-state index is 0.134. The lowest BCUT2D eigenvalue weighted by Crippen LogP contribution is -2.24. The summed E-state index contributed by atoms with van der Waals surface area (Å²) in [6.07, 6.45) is 6.82. The first-order valence-electron chi connectivity index (χ1n) is 7.64. The summed E-state index contributed by atoms with van der Waals surface area (Å²) >= 11 is 0. The molecule has 0 aromatic heterocycles. The summed E-state index contributed by atoms with van der Waals surface area (Å²) in [4.78, 5) is 11.3. The zero-order valence-electron chi connectivity index (χ0n) is 12.6. The van der Waals surface area contributed by atoms with Crippen LogP contribution in [0, 0.1) is 5.92 Å². The Morgan fingerprint density at radius 2 is 2.30 bits per heavy atom. The minimum absolute atomic E-state index is 0.134. The Morgan fingerprint density at radius 3 is 3.00 bits per heavy atom. The van der Waals surface area contributed by atoms with Crippen molar-refractivity contribution in [2.24, 2.45) is 5.92 Å². The van der Waals surface area contributed by atoms with Gasteiger partial charge >= 0.3 is 0 Å². The maximum atomic E-state index is 11.3. The van der Waals surface area contributed by atoms with E-state index in [-0.39, 0.29) is 5.91 Å². The predicted octanol–water partition coefficient (Wildman–Crippen LogP) is 3.49. The molecule has 1 aliphatic heterocycles. The van der Waals surface area contributed by atoms with Gasteiger partial charge in [-0.3, -0.25) is 4.79 Å². The molecule has 0 bridgehead atoms. The third kappa shape index (κ3) is 3.14. The normalized spacial score (nSPS) is 28.0. The van der Waals surface area contributed by atoms with Crippen LogP contribution in [-0.4, -0.2) is 19.1 Å². The van der Waals surface area contributed by atoms with Gasteiger partial charge in [-0.1, -0.05) is 19.1 Å². The first-order valence-corrected chi connectivity index (χ1v) is 7.64. The standard InChI is InChI=1S/C17H25NO2/c1-4-15-14(9-11-20-15)17-12(3)6-7-13(17)8-10-18-16(19)5-2/h4,13H,3,5-11H2,1-2H3,(H,18,19).